The molecule has 2 bridgehead atoms. The summed E-state index contributed by atoms with van der Waals surface area (Å²) in [4.78, 5) is 38.8. The number of likely N-dealkylation sites (N-methyl/N-ethyl adjacent to an activating group) is 1. The number of carbonyl (C=O) groups is 2. The van der Waals surface area contributed by atoms with Gasteiger partial charge in [-0.15, -0.1) is 0 Å². The van der Waals surface area contributed by atoms with E-state index in [-0.39, 0.29) is 11.7 Å². The molecule has 1 aliphatic heterocycles. The monoisotopic (exact) mass is 449 g/mol. The fraction of sp³-hybridized carbons (Fsp3) is 0.409. The van der Waals surface area contributed by atoms with Crippen LogP contribution in [0.25, 0.3) is 0 Å². The average Bonchev–Trinajstić information content (AvgIpc) is 3.32. The molecule has 1 aromatic heterocycles. The van der Waals surface area contributed by atoms with E-state index < -0.39 is 52.2 Å². The summed E-state index contributed by atoms with van der Waals surface area (Å²) in [6.07, 6.45) is 4.71. The molecule has 10 heteroatoms. The van der Waals surface area contributed by atoms with Gasteiger partial charge in [-0.1, -0.05) is 0 Å². The maximum absolute atomic E-state index is 13.8. The highest BCUT2D eigenvalue weighted by Crippen LogP contribution is 2.42. The fourth-order valence-corrected chi connectivity index (χ4v) is 4.90. The summed E-state index contributed by atoms with van der Waals surface area (Å²) in [6.45, 7) is -0.345. The molecule has 2 fully saturated rings. The third-order valence-electron chi connectivity index (χ3n) is 6.66. The van der Waals surface area contributed by atoms with Gasteiger partial charge in [0.25, 0.3) is 5.91 Å². The largest absolute Gasteiger partial charge is 0.503 e. The Balaban J connectivity index is 1.60. The summed E-state index contributed by atoms with van der Waals surface area (Å²) < 4.78 is 42.1. The van der Waals surface area contributed by atoms with Crippen LogP contribution in [0.3, 0.4) is 0 Å². The van der Waals surface area contributed by atoms with Crippen LogP contribution < -0.4 is 10.7 Å². The van der Waals surface area contributed by atoms with Crippen LogP contribution in [-0.2, 0) is 13.1 Å². The normalized spacial score (nSPS) is 22.3. The predicted octanol–water partition coefficient (Wildman–Crippen LogP) is 2.20. The number of hydrogen-bond donors (Lipinski definition) is 2. The van der Waals surface area contributed by atoms with Crippen LogP contribution in [0.1, 0.15) is 45.7 Å². The van der Waals surface area contributed by atoms with Crippen LogP contribution in [-0.4, -0.2) is 45.9 Å². The number of carbonyl (C=O) groups excluding carboxylic acids is 2. The lowest BCUT2D eigenvalue weighted by Gasteiger charge is -2.33. The number of nitrogens with one attached hydrogen (secondary N) is 1. The second-order valence-electron chi connectivity index (χ2n) is 8.37. The standard InChI is InChI=1S/C22H22F3N3O4/c1-27-13-3-2-11(4-13)18(27)9-28-8-15(20(30)21(31)19(28)10-29)22(32)26-7-14-16(24)5-12(23)6-17(14)25/h5-6,8,10-11,13,18,31H,2-4,7,9H2,1H3,(H,26,32). The number of fused-ring (bicyclic) bond motifs is 2. The second-order valence-corrected chi connectivity index (χ2v) is 8.37. The number of pyridine rings is 1. The molecule has 2 aliphatic rings. The van der Waals surface area contributed by atoms with Crippen LogP contribution in [0, 0.1) is 23.4 Å². The number of aromatic nitrogens is 1. The van der Waals surface area contributed by atoms with E-state index >= 15 is 0 Å². The summed E-state index contributed by atoms with van der Waals surface area (Å²) in [6, 6.07) is 1.48. The predicted molar refractivity (Wildman–Crippen MR) is 108 cm³/mol. The molecule has 170 valence electrons. The average molecular weight is 449 g/mol. The van der Waals surface area contributed by atoms with Crippen molar-refractivity contribution in [1.29, 1.82) is 0 Å². The zero-order chi connectivity index (χ0) is 23.2. The molecule has 0 spiro atoms. The summed E-state index contributed by atoms with van der Waals surface area (Å²) in [7, 11) is 1.98. The summed E-state index contributed by atoms with van der Waals surface area (Å²) in [5, 5.41) is 12.5. The first-order chi connectivity index (χ1) is 15.2. The first-order valence-electron chi connectivity index (χ1n) is 10.3. The number of rotatable bonds is 6. The van der Waals surface area contributed by atoms with Gasteiger partial charge >= 0.3 is 0 Å². The molecule has 2 aromatic rings. The van der Waals surface area contributed by atoms with E-state index in [1.54, 1.807) is 0 Å². The molecule has 1 saturated carbocycles. The van der Waals surface area contributed by atoms with Crippen molar-refractivity contribution in [2.45, 2.75) is 44.4 Å². The molecule has 3 unspecified atom stereocenters. The summed E-state index contributed by atoms with van der Waals surface area (Å²) in [5.74, 6) is -4.90. The Morgan fingerprint density at radius 3 is 2.53 bits per heavy atom. The Kier molecular flexibility index (Phi) is 5.81. The number of aromatic hydroxyl groups is 1. The Bertz CT molecular complexity index is 1120. The van der Waals surface area contributed by atoms with E-state index in [9.17, 15) is 32.7 Å². The van der Waals surface area contributed by atoms with Crippen LogP contribution >= 0.6 is 0 Å². The molecule has 2 N–H and O–H groups in total. The Hall–Kier alpha value is -3.14. The van der Waals surface area contributed by atoms with Gasteiger partial charge in [-0.2, -0.15) is 0 Å². The van der Waals surface area contributed by atoms with Crippen LogP contribution in [0.4, 0.5) is 13.2 Å². The molecule has 3 atom stereocenters. The molecule has 7 nitrogen and oxygen atoms in total. The maximum Gasteiger partial charge on any atom is 0.257 e. The van der Waals surface area contributed by atoms with Gasteiger partial charge in [0.15, 0.2) is 12.0 Å². The number of benzene rings is 1. The van der Waals surface area contributed by atoms with Gasteiger partial charge in [-0.3, -0.25) is 19.3 Å². The number of nitrogens with zero attached hydrogens (tertiary/aromatic N) is 2. The fourth-order valence-electron chi connectivity index (χ4n) is 4.90. The van der Waals surface area contributed by atoms with Crippen molar-refractivity contribution in [1.82, 2.24) is 14.8 Å². The van der Waals surface area contributed by atoms with Crippen molar-refractivity contribution >= 4 is 12.2 Å². The van der Waals surface area contributed by atoms with E-state index in [1.807, 2.05) is 7.05 Å². The molecular weight excluding hydrogens is 427 g/mol. The molecule has 32 heavy (non-hydrogen) atoms. The van der Waals surface area contributed by atoms with Gasteiger partial charge in [-0.25, -0.2) is 13.2 Å². The van der Waals surface area contributed by atoms with E-state index in [2.05, 4.69) is 10.2 Å². The smallest absolute Gasteiger partial charge is 0.257 e. The van der Waals surface area contributed by atoms with Crippen LogP contribution in [0.15, 0.2) is 23.1 Å². The zero-order valence-corrected chi connectivity index (χ0v) is 17.3. The van der Waals surface area contributed by atoms with Crippen molar-refractivity contribution in [3.05, 3.63) is 62.8 Å². The van der Waals surface area contributed by atoms with E-state index in [0.717, 1.165) is 19.3 Å². The van der Waals surface area contributed by atoms with Crippen LogP contribution in [0.5, 0.6) is 5.75 Å². The zero-order valence-electron chi connectivity index (χ0n) is 17.3. The molecular formula is C22H22F3N3O4. The third kappa shape index (κ3) is 3.79. The van der Waals surface area contributed by atoms with Gasteiger partial charge < -0.3 is 15.0 Å². The molecule has 1 amide bonds. The first kappa shape index (κ1) is 22.1. The number of aldehydes is 1. The number of halogens is 3. The van der Waals surface area contributed by atoms with Crippen molar-refractivity contribution < 1.29 is 27.9 Å². The highest BCUT2D eigenvalue weighted by molar-refractivity contribution is 5.95. The van der Waals surface area contributed by atoms with Gasteiger partial charge in [0.1, 0.15) is 28.7 Å². The Labute approximate surface area is 181 Å². The minimum Gasteiger partial charge on any atom is -0.503 e. The lowest BCUT2D eigenvalue weighted by Crippen LogP contribution is -2.41. The highest BCUT2D eigenvalue weighted by atomic mass is 19.1. The molecule has 1 aromatic carbocycles. The minimum absolute atomic E-state index is 0.0765. The van der Waals surface area contributed by atoms with Crippen molar-refractivity contribution in [2.24, 2.45) is 5.92 Å². The molecule has 4 rings (SSSR count). The molecule has 1 saturated heterocycles. The first-order valence-corrected chi connectivity index (χ1v) is 10.3. The Morgan fingerprint density at radius 2 is 1.94 bits per heavy atom. The number of amides is 1. The number of piperidine rings is 1. The Morgan fingerprint density at radius 1 is 1.25 bits per heavy atom. The topological polar surface area (TPSA) is 91.6 Å². The quantitative estimate of drug-likeness (QED) is 0.660. The number of hydrogen-bond acceptors (Lipinski definition) is 5. The van der Waals surface area contributed by atoms with E-state index in [0.29, 0.717) is 36.9 Å². The van der Waals surface area contributed by atoms with Gasteiger partial charge in [0.2, 0.25) is 5.43 Å². The van der Waals surface area contributed by atoms with Crippen molar-refractivity contribution in [3.63, 3.8) is 0 Å². The van der Waals surface area contributed by atoms with Gasteiger partial charge in [0.05, 0.1) is 0 Å². The highest BCUT2D eigenvalue weighted by Gasteiger charge is 2.43. The minimum atomic E-state index is -1.18. The number of likely N-dealkylation sites (tertiary alicyclic amines) is 1. The lowest BCUT2D eigenvalue weighted by molar-refractivity contribution is 0.0945. The maximum atomic E-state index is 13.8. The summed E-state index contributed by atoms with van der Waals surface area (Å²) >= 11 is 0. The van der Waals surface area contributed by atoms with E-state index in [4.69, 9.17) is 0 Å². The van der Waals surface area contributed by atoms with Crippen LogP contribution in [0.2, 0.25) is 0 Å². The summed E-state index contributed by atoms with van der Waals surface area (Å²) in [5.41, 5.74) is -2.35. The molecule has 0 radical (unpaired) electrons. The lowest BCUT2D eigenvalue weighted by atomic mass is 9.98. The van der Waals surface area contributed by atoms with Crippen molar-refractivity contribution in [2.75, 3.05) is 7.05 Å². The van der Waals surface area contributed by atoms with Gasteiger partial charge in [-0.05, 0) is 32.2 Å². The second kappa shape index (κ2) is 8.42. The molecule has 2 heterocycles. The molecule has 1 aliphatic carbocycles. The SMILES string of the molecule is CN1C2CCC(C2)C1Cn1cc(C(=O)NCc2c(F)cc(F)cc2F)c(=O)c(O)c1C=O. The van der Waals surface area contributed by atoms with Crippen molar-refractivity contribution in [3.8, 4) is 5.75 Å². The van der Waals surface area contributed by atoms with E-state index in [1.165, 1.54) is 10.8 Å². The van der Waals surface area contributed by atoms with Gasteiger partial charge in [0, 0.05) is 49.1 Å². The third-order valence-corrected chi connectivity index (χ3v) is 6.66.